The molecule has 0 fully saturated rings. The quantitative estimate of drug-likeness (QED) is 0.909. The molecule has 1 N–H and O–H groups in total. The fourth-order valence-electron chi connectivity index (χ4n) is 2.66. The van der Waals surface area contributed by atoms with E-state index in [0.717, 1.165) is 11.6 Å². The average molecular weight is 332 g/mol. The molecule has 3 rings (SSSR count). The summed E-state index contributed by atoms with van der Waals surface area (Å²) in [7, 11) is -3.68. The van der Waals surface area contributed by atoms with E-state index in [1.54, 1.807) is 6.07 Å². The highest BCUT2D eigenvalue weighted by Crippen LogP contribution is 2.41. The van der Waals surface area contributed by atoms with Gasteiger partial charge in [-0.15, -0.1) is 0 Å². The van der Waals surface area contributed by atoms with E-state index < -0.39 is 15.8 Å². The third kappa shape index (κ3) is 2.70. The zero-order valence-corrected chi connectivity index (χ0v) is 13.6. The molecule has 2 aromatic carbocycles. The number of hydrogen-bond donors (Lipinski definition) is 1. The molecule has 120 valence electrons. The first kappa shape index (κ1) is 15.6. The van der Waals surface area contributed by atoms with Gasteiger partial charge in [-0.1, -0.05) is 32.0 Å². The first-order valence-corrected chi connectivity index (χ1v) is 8.84. The predicted molar refractivity (Wildman–Crippen MR) is 84.9 cm³/mol. The molecule has 0 saturated carbocycles. The summed E-state index contributed by atoms with van der Waals surface area (Å²) >= 11 is 0. The maximum absolute atomic E-state index is 12.6. The minimum atomic E-state index is -3.68. The lowest BCUT2D eigenvalue weighted by Crippen LogP contribution is -2.06. The number of carboxylic acid groups (broad SMARTS) is 1. The molecule has 0 unspecified atom stereocenters. The van der Waals surface area contributed by atoms with E-state index in [9.17, 15) is 13.2 Å². The smallest absolute Gasteiger partial charge is 0.335 e. The number of rotatable bonds is 2. The van der Waals surface area contributed by atoms with Gasteiger partial charge >= 0.3 is 5.97 Å². The Balaban J connectivity index is 2.25. The molecule has 0 aliphatic carbocycles. The second-order valence-corrected chi connectivity index (χ2v) is 7.78. The lowest BCUT2D eigenvalue weighted by molar-refractivity contribution is 0.0696. The van der Waals surface area contributed by atoms with Gasteiger partial charge in [0.2, 0.25) is 0 Å². The van der Waals surface area contributed by atoms with Crippen LogP contribution in [0.4, 0.5) is 0 Å². The molecule has 0 spiro atoms. The molecular weight excluding hydrogens is 316 g/mol. The van der Waals surface area contributed by atoms with Crippen LogP contribution in [0.25, 0.3) is 0 Å². The van der Waals surface area contributed by atoms with Crippen LogP contribution < -0.4 is 4.74 Å². The van der Waals surface area contributed by atoms with Crippen molar-refractivity contribution in [2.45, 2.75) is 30.4 Å². The third-order valence-corrected chi connectivity index (χ3v) is 5.51. The molecule has 1 aliphatic rings. The van der Waals surface area contributed by atoms with Gasteiger partial charge in [0.1, 0.15) is 16.4 Å². The summed E-state index contributed by atoms with van der Waals surface area (Å²) < 4.78 is 31.2. The number of para-hydroxylation sites is 1. The fraction of sp³-hybridized carbons (Fsp3) is 0.235. The number of fused-ring (bicyclic) bond motifs is 2. The van der Waals surface area contributed by atoms with E-state index in [-0.39, 0.29) is 27.9 Å². The summed E-state index contributed by atoms with van der Waals surface area (Å²) in [4.78, 5) is 11.0. The maximum Gasteiger partial charge on any atom is 0.335 e. The molecule has 0 bridgehead atoms. The molecule has 0 amide bonds. The zero-order valence-electron chi connectivity index (χ0n) is 12.7. The van der Waals surface area contributed by atoms with Crippen LogP contribution in [0.15, 0.2) is 41.3 Å². The van der Waals surface area contributed by atoms with Gasteiger partial charge in [0.25, 0.3) is 0 Å². The van der Waals surface area contributed by atoms with Crippen molar-refractivity contribution in [1.29, 1.82) is 0 Å². The van der Waals surface area contributed by atoms with Gasteiger partial charge < -0.3 is 9.84 Å². The summed E-state index contributed by atoms with van der Waals surface area (Å²) in [6.07, 6.45) is 0. The number of sulfone groups is 1. The van der Waals surface area contributed by atoms with Crippen LogP contribution in [-0.4, -0.2) is 19.5 Å². The minimum Gasteiger partial charge on any atom is -0.478 e. The van der Waals surface area contributed by atoms with Gasteiger partial charge in [-0.3, -0.25) is 0 Å². The molecule has 0 atom stereocenters. The highest BCUT2D eigenvalue weighted by Gasteiger charge is 2.29. The number of ether oxygens (including phenoxy) is 1. The highest BCUT2D eigenvalue weighted by atomic mass is 32.2. The predicted octanol–water partition coefficient (Wildman–Crippen LogP) is 3.59. The van der Waals surface area contributed by atoms with Crippen molar-refractivity contribution >= 4 is 15.8 Å². The van der Waals surface area contributed by atoms with Crippen LogP contribution in [0.1, 0.15) is 41.3 Å². The number of carboxylic acids is 1. The minimum absolute atomic E-state index is 0.0778. The summed E-state index contributed by atoms with van der Waals surface area (Å²) in [6.45, 7) is 4.01. The largest absolute Gasteiger partial charge is 0.478 e. The summed E-state index contributed by atoms with van der Waals surface area (Å²) in [5, 5.41) is 9.08. The van der Waals surface area contributed by atoms with Gasteiger partial charge in [0.15, 0.2) is 9.84 Å². The SMILES string of the molecule is CC(C)c1cccc2c1Oc1ccc(C(=O)O)cc1S(=O)(=O)C2. The van der Waals surface area contributed by atoms with Crippen molar-refractivity contribution in [3.63, 3.8) is 0 Å². The Morgan fingerprint density at radius 3 is 2.61 bits per heavy atom. The Morgan fingerprint density at radius 2 is 1.96 bits per heavy atom. The van der Waals surface area contributed by atoms with Crippen LogP contribution in [0.5, 0.6) is 11.5 Å². The van der Waals surface area contributed by atoms with E-state index >= 15 is 0 Å². The lowest BCUT2D eigenvalue weighted by Gasteiger charge is -2.15. The van der Waals surface area contributed by atoms with Crippen molar-refractivity contribution in [3.8, 4) is 11.5 Å². The number of hydrogen-bond acceptors (Lipinski definition) is 4. The summed E-state index contributed by atoms with van der Waals surface area (Å²) in [5.74, 6) is -0.492. The van der Waals surface area contributed by atoms with Crippen LogP contribution in [0.2, 0.25) is 0 Å². The normalized spacial score (nSPS) is 15.3. The van der Waals surface area contributed by atoms with Gasteiger partial charge in [0.05, 0.1) is 11.3 Å². The molecule has 0 saturated heterocycles. The monoisotopic (exact) mass is 332 g/mol. The van der Waals surface area contributed by atoms with Crippen LogP contribution in [0.3, 0.4) is 0 Å². The number of carbonyl (C=O) groups is 1. The molecule has 0 aromatic heterocycles. The van der Waals surface area contributed by atoms with Crippen molar-refractivity contribution < 1.29 is 23.1 Å². The second kappa shape index (κ2) is 5.38. The van der Waals surface area contributed by atoms with Gasteiger partial charge in [-0.2, -0.15) is 0 Å². The molecule has 2 aromatic rings. The van der Waals surface area contributed by atoms with Crippen molar-refractivity contribution in [2.75, 3.05) is 0 Å². The fourth-order valence-corrected chi connectivity index (χ4v) is 4.17. The van der Waals surface area contributed by atoms with Crippen LogP contribution in [-0.2, 0) is 15.6 Å². The van der Waals surface area contributed by atoms with Crippen molar-refractivity contribution in [1.82, 2.24) is 0 Å². The van der Waals surface area contributed by atoms with E-state index in [4.69, 9.17) is 9.84 Å². The summed E-state index contributed by atoms with van der Waals surface area (Å²) in [6, 6.07) is 9.36. The standard InChI is InChI=1S/C17H16O5S/c1-10(2)13-5-3-4-12-9-23(20,21)15-8-11(17(18)19)6-7-14(15)22-16(12)13/h3-8,10H,9H2,1-2H3,(H,18,19). The molecule has 1 heterocycles. The van der Waals surface area contributed by atoms with Gasteiger partial charge in [-0.25, -0.2) is 13.2 Å². The number of benzene rings is 2. The molecule has 5 nitrogen and oxygen atoms in total. The molecule has 6 heteroatoms. The molecular formula is C17H16O5S. The Kier molecular flexibility index (Phi) is 3.64. The zero-order chi connectivity index (χ0) is 16.8. The molecule has 0 radical (unpaired) electrons. The van der Waals surface area contributed by atoms with E-state index in [2.05, 4.69) is 0 Å². The van der Waals surface area contributed by atoms with E-state index in [1.807, 2.05) is 26.0 Å². The topological polar surface area (TPSA) is 80.7 Å². The molecule has 23 heavy (non-hydrogen) atoms. The van der Waals surface area contributed by atoms with Gasteiger partial charge in [-0.05, 0) is 29.7 Å². The first-order valence-electron chi connectivity index (χ1n) is 7.19. The van der Waals surface area contributed by atoms with E-state index in [1.165, 1.54) is 12.1 Å². The average Bonchev–Trinajstić information content (AvgIpc) is 2.59. The van der Waals surface area contributed by atoms with Crippen molar-refractivity contribution in [2.24, 2.45) is 0 Å². The van der Waals surface area contributed by atoms with Gasteiger partial charge in [0, 0.05) is 5.56 Å². The Labute approximate surface area is 134 Å². The lowest BCUT2D eigenvalue weighted by atomic mass is 9.99. The number of aromatic carboxylic acids is 1. The second-order valence-electron chi connectivity index (χ2n) is 5.82. The van der Waals surface area contributed by atoms with Crippen LogP contribution in [0, 0.1) is 0 Å². The Hall–Kier alpha value is -2.34. The third-order valence-electron chi connectivity index (χ3n) is 3.83. The van der Waals surface area contributed by atoms with Crippen LogP contribution >= 0.6 is 0 Å². The Morgan fingerprint density at radius 1 is 1.22 bits per heavy atom. The maximum atomic E-state index is 12.6. The molecule has 1 aliphatic heterocycles. The summed E-state index contributed by atoms with van der Waals surface area (Å²) in [5.41, 5.74) is 1.43. The first-order chi connectivity index (χ1) is 10.8. The van der Waals surface area contributed by atoms with E-state index in [0.29, 0.717) is 11.3 Å². The highest BCUT2D eigenvalue weighted by molar-refractivity contribution is 7.90. The van der Waals surface area contributed by atoms with Crippen molar-refractivity contribution in [3.05, 3.63) is 53.1 Å². The Bertz CT molecular complexity index is 897.